The minimum atomic E-state index is -0.388. The van der Waals surface area contributed by atoms with E-state index in [9.17, 15) is 10.1 Å². The van der Waals surface area contributed by atoms with Gasteiger partial charge < -0.3 is 14.2 Å². The van der Waals surface area contributed by atoms with Crippen LogP contribution in [0.5, 0.6) is 0 Å². The molecule has 1 saturated heterocycles. The Hall–Kier alpha value is -2.90. The number of hydrogen-bond acceptors (Lipinski definition) is 5. The van der Waals surface area contributed by atoms with Crippen molar-refractivity contribution in [2.75, 3.05) is 31.1 Å². The third kappa shape index (κ3) is 4.11. The number of piperazine rings is 1. The molecule has 6 nitrogen and oxygen atoms in total. The normalized spacial score (nSPS) is 14.1. The van der Waals surface area contributed by atoms with E-state index in [1.165, 1.54) is 12.1 Å². The molecule has 8 heteroatoms. The van der Waals surface area contributed by atoms with Gasteiger partial charge in [0.25, 0.3) is 5.69 Å². The van der Waals surface area contributed by atoms with Crippen molar-refractivity contribution >= 4 is 40.2 Å². The first-order chi connectivity index (χ1) is 14.0. The summed E-state index contributed by atoms with van der Waals surface area (Å²) in [6.07, 6.45) is 0. The zero-order chi connectivity index (χ0) is 20.4. The van der Waals surface area contributed by atoms with Crippen molar-refractivity contribution in [1.29, 1.82) is 0 Å². The van der Waals surface area contributed by atoms with Gasteiger partial charge in [-0.05, 0) is 36.4 Å². The molecule has 148 valence electrons. The lowest BCUT2D eigenvalue weighted by Crippen LogP contribution is -2.48. The summed E-state index contributed by atoms with van der Waals surface area (Å²) in [6.45, 7) is 3.04. The Morgan fingerprint density at radius 2 is 1.69 bits per heavy atom. The van der Waals surface area contributed by atoms with Gasteiger partial charge in [0.15, 0.2) is 5.76 Å². The quantitative estimate of drug-likeness (QED) is 0.331. The first-order valence-corrected chi connectivity index (χ1v) is 9.95. The highest BCUT2D eigenvalue weighted by atomic mass is 35.5. The SMILES string of the molecule is O=[N+]([O-])c1ccc(N2CCN(C(=S)c3ccc(-c4ccccc4Cl)o3)CC2)cc1. The summed E-state index contributed by atoms with van der Waals surface area (Å²) in [5.41, 5.74) is 1.91. The highest BCUT2D eigenvalue weighted by Crippen LogP contribution is 2.30. The van der Waals surface area contributed by atoms with E-state index >= 15 is 0 Å². The van der Waals surface area contributed by atoms with Crippen molar-refractivity contribution in [1.82, 2.24) is 4.90 Å². The van der Waals surface area contributed by atoms with Crippen LogP contribution < -0.4 is 4.90 Å². The molecule has 4 rings (SSSR count). The summed E-state index contributed by atoms with van der Waals surface area (Å²) in [6, 6.07) is 17.9. The number of rotatable bonds is 4. The number of benzene rings is 2. The smallest absolute Gasteiger partial charge is 0.269 e. The van der Waals surface area contributed by atoms with Crippen LogP contribution in [0.15, 0.2) is 65.1 Å². The summed E-state index contributed by atoms with van der Waals surface area (Å²) < 4.78 is 5.97. The number of halogens is 1. The van der Waals surface area contributed by atoms with Crippen LogP contribution in [0.1, 0.15) is 5.76 Å². The van der Waals surface area contributed by atoms with Gasteiger partial charge in [-0.3, -0.25) is 10.1 Å². The molecule has 1 aliphatic heterocycles. The van der Waals surface area contributed by atoms with Crippen LogP contribution >= 0.6 is 23.8 Å². The highest BCUT2D eigenvalue weighted by Gasteiger charge is 2.22. The Morgan fingerprint density at radius 1 is 1.00 bits per heavy atom. The first kappa shape index (κ1) is 19.4. The van der Waals surface area contributed by atoms with Gasteiger partial charge in [0.1, 0.15) is 10.7 Å². The number of furan rings is 1. The van der Waals surface area contributed by atoms with Gasteiger partial charge >= 0.3 is 0 Å². The minimum Gasteiger partial charge on any atom is -0.454 e. The Balaban J connectivity index is 1.40. The van der Waals surface area contributed by atoms with E-state index in [4.69, 9.17) is 28.2 Å². The lowest BCUT2D eigenvalue weighted by Gasteiger charge is -2.36. The molecular weight excluding hydrogens is 410 g/mol. The predicted octanol–water partition coefficient (Wildman–Crippen LogP) is 5.01. The third-order valence-corrected chi connectivity index (χ3v) is 5.74. The fraction of sp³-hybridized carbons (Fsp3) is 0.190. The van der Waals surface area contributed by atoms with Crippen molar-refractivity contribution in [3.05, 3.63) is 81.6 Å². The van der Waals surface area contributed by atoms with Gasteiger partial charge in [0.2, 0.25) is 0 Å². The van der Waals surface area contributed by atoms with Crippen molar-refractivity contribution < 1.29 is 9.34 Å². The van der Waals surface area contributed by atoms with Crippen LogP contribution in [0.4, 0.5) is 11.4 Å². The zero-order valence-corrected chi connectivity index (χ0v) is 17.0. The van der Waals surface area contributed by atoms with Crippen LogP contribution in [0, 0.1) is 10.1 Å². The van der Waals surface area contributed by atoms with E-state index in [0.717, 1.165) is 37.4 Å². The Morgan fingerprint density at radius 3 is 2.34 bits per heavy atom. The number of hydrogen-bond donors (Lipinski definition) is 0. The maximum absolute atomic E-state index is 10.8. The Kier molecular flexibility index (Phi) is 5.51. The molecule has 1 aliphatic rings. The number of nitro benzene ring substituents is 1. The maximum Gasteiger partial charge on any atom is 0.269 e. The fourth-order valence-electron chi connectivity index (χ4n) is 3.37. The van der Waals surface area contributed by atoms with Crippen molar-refractivity contribution in [3.63, 3.8) is 0 Å². The minimum absolute atomic E-state index is 0.0979. The second kappa shape index (κ2) is 8.23. The number of nitro groups is 1. The number of nitrogens with zero attached hydrogens (tertiary/aromatic N) is 3. The second-order valence-electron chi connectivity index (χ2n) is 6.70. The number of thiocarbonyl (C=S) groups is 1. The molecule has 0 saturated carbocycles. The monoisotopic (exact) mass is 427 g/mol. The van der Waals surface area contributed by atoms with E-state index in [2.05, 4.69) is 9.80 Å². The van der Waals surface area contributed by atoms with Gasteiger partial charge in [0, 0.05) is 49.6 Å². The second-order valence-corrected chi connectivity index (χ2v) is 7.49. The van der Waals surface area contributed by atoms with E-state index in [0.29, 0.717) is 21.5 Å². The molecule has 0 radical (unpaired) electrons. The molecule has 29 heavy (non-hydrogen) atoms. The van der Waals surface area contributed by atoms with Crippen molar-refractivity contribution in [2.45, 2.75) is 0 Å². The molecule has 1 fully saturated rings. The van der Waals surface area contributed by atoms with Gasteiger partial charge in [-0.2, -0.15) is 0 Å². The number of non-ortho nitro benzene ring substituents is 1. The van der Waals surface area contributed by atoms with Crippen LogP contribution in [0.2, 0.25) is 5.02 Å². The van der Waals surface area contributed by atoms with Gasteiger partial charge in [-0.1, -0.05) is 36.0 Å². The van der Waals surface area contributed by atoms with E-state index < -0.39 is 0 Å². The van der Waals surface area contributed by atoms with E-state index in [-0.39, 0.29) is 10.6 Å². The summed E-state index contributed by atoms with van der Waals surface area (Å²) in [5.74, 6) is 1.34. The first-order valence-electron chi connectivity index (χ1n) is 9.16. The largest absolute Gasteiger partial charge is 0.454 e. The molecule has 0 unspecified atom stereocenters. The van der Waals surface area contributed by atoms with Crippen LogP contribution in [-0.2, 0) is 0 Å². The Labute approximate surface area is 178 Å². The molecule has 0 bridgehead atoms. The molecule has 0 aliphatic carbocycles. The van der Waals surface area contributed by atoms with Crippen molar-refractivity contribution in [3.8, 4) is 11.3 Å². The van der Waals surface area contributed by atoms with Gasteiger partial charge in [-0.15, -0.1) is 0 Å². The Bertz CT molecular complexity index is 1040. The molecule has 0 N–H and O–H groups in total. The van der Waals surface area contributed by atoms with Crippen LogP contribution in [0.3, 0.4) is 0 Å². The van der Waals surface area contributed by atoms with Gasteiger partial charge in [-0.25, -0.2) is 0 Å². The van der Waals surface area contributed by atoms with Crippen LogP contribution in [-0.4, -0.2) is 41.0 Å². The predicted molar refractivity (Wildman–Crippen MR) is 118 cm³/mol. The zero-order valence-electron chi connectivity index (χ0n) is 15.5. The molecular formula is C21H18ClN3O3S. The summed E-state index contributed by atoms with van der Waals surface area (Å²) in [5, 5.41) is 11.4. The summed E-state index contributed by atoms with van der Waals surface area (Å²) in [7, 11) is 0. The fourth-order valence-corrected chi connectivity index (χ4v) is 3.89. The topological polar surface area (TPSA) is 62.8 Å². The van der Waals surface area contributed by atoms with E-state index in [1.54, 1.807) is 12.1 Å². The lowest BCUT2D eigenvalue weighted by atomic mass is 10.2. The average Bonchev–Trinajstić information content (AvgIpc) is 3.24. The standard InChI is InChI=1S/C21H18ClN3O3S/c22-18-4-2-1-3-17(18)19-9-10-20(28-19)21(29)24-13-11-23(12-14-24)15-5-7-16(8-6-15)25(26)27/h1-10H,11-14H2. The lowest BCUT2D eigenvalue weighted by molar-refractivity contribution is -0.384. The summed E-state index contributed by atoms with van der Waals surface area (Å²) in [4.78, 5) is 15.4. The molecule has 2 heterocycles. The average molecular weight is 428 g/mol. The molecule has 1 aromatic heterocycles. The molecule has 3 aromatic rings. The maximum atomic E-state index is 10.8. The molecule has 0 spiro atoms. The third-order valence-electron chi connectivity index (χ3n) is 4.95. The molecule has 0 atom stereocenters. The summed E-state index contributed by atoms with van der Waals surface area (Å²) >= 11 is 11.9. The molecule has 0 amide bonds. The number of anilines is 1. The molecule has 2 aromatic carbocycles. The highest BCUT2D eigenvalue weighted by molar-refractivity contribution is 7.80. The van der Waals surface area contributed by atoms with E-state index in [1.807, 2.05) is 36.4 Å². The van der Waals surface area contributed by atoms with Crippen LogP contribution in [0.25, 0.3) is 11.3 Å². The van der Waals surface area contributed by atoms with Gasteiger partial charge in [0.05, 0.1) is 9.95 Å². The van der Waals surface area contributed by atoms with Crippen molar-refractivity contribution in [2.24, 2.45) is 0 Å².